The molecule has 0 aromatic heterocycles. The number of nitrogens with zero attached hydrogens (tertiary/aromatic N) is 1. The summed E-state index contributed by atoms with van der Waals surface area (Å²) in [5.74, 6) is -0.174. The van der Waals surface area contributed by atoms with E-state index in [2.05, 4.69) is 5.32 Å². The molecule has 1 aliphatic heterocycles. The highest BCUT2D eigenvalue weighted by molar-refractivity contribution is 7.88. The first-order valence-electron chi connectivity index (χ1n) is 10.7. The molecular weight excluding hydrogens is 471 g/mol. The standard InChI is InChI=1S/C23H28ClFN2O5S/c1-16(14-32-19-8-6-18(31-2)7-9-19)26-23(28)17-10-12-27(13-11-17)33(29,30)15-20-21(24)4-3-5-22(20)25/h3-9,16-17H,10-15H2,1-2H3,(H,26,28)/t16-/m1/s1. The minimum absolute atomic E-state index is 0.0373. The number of methoxy groups -OCH3 is 1. The number of piperidine rings is 1. The average Bonchev–Trinajstić information content (AvgIpc) is 2.80. The fourth-order valence-corrected chi connectivity index (χ4v) is 5.55. The summed E-state index contributed by atoms with van der Waals surface area (Å²) in [6.07, 6.45) is 0.782. The van der Waals surface area contributed by atoms with Gasteiger partial charge >= 0.3 is 0 Å². The summed E-state index contributed by atoms with van der Waals surface area (Å²) >= 11 is 5.97. The number of rotatable bonds is 9. The summed E-state index contributed by atoms with van der Waals surface area (Å²) in [6.45, 7) is 2.54. The van der Waals surface area contributed by atoms with Crippen molar-refractivity contribution in [2.24, 2.45) is 5.92 Å². The van der Waals surface area contributed by atoms with Gasteiger partial charge in [-0.05, 0) is 56.2 Å². The Labute approximate surface area is 198 Å². The number of halogens is 2. The van der Waals surface area contributed by atoms with Crippen LogP contribution in [0.4, 0.5) is 4.39 Å². The van der Waals surface area contributed by atoms with Gasteiger partial charge in [-0.15, -0.1) is 0 Å². The first-order chi connectivity index (χ1) is 15.7. The Morgan fingerprint density at radius 2 is 1.82 bits per heavy atom. The molecule has 0 aliphatic carbocycles. The van der Waals surface area contributed by atoms with E-state index in [1.807, 2.05) is 6.92 Å². The van der Waals surface area contributed by atoms with Crippen molar-refractivity contribution in [1.82, 2.24) is 9.62 Å². The Balaban J connectivity index is 1.46. The summed E-state index contributed by atoms with van der Waals surface area (Å²) in [5.41, 5.74) is -0.0373. The van der Waals surface area contributed by atoms with Crippen LogP contribution in [0.15, 0.2) is 42.5 Å². The van der Waals surface area contributed by atoms with Gasteiger partial charge in [-0.25, -0.2) is 17.1 Å². The lowest BCUT2D eigenvalue weighted by Crippen LogP contribution is -2.46. The molecule has 1 amide bonds. The van der Waals surface area contributed by atoms with Gasteiger partial charge < -0.3 is 14.8 Å². The second kappa shape index (κ2) is 11.2. The van der Waals surface area contributed by atoms with E-state index in [1.54, 1.807) is 31.4 Å². The highest BCUT2D eigenvalue weighted by Crippen LogP contribution is 2.26. The SMILES string of the molecule is COc1ccc(OC[C@@H](C)NC(=O)C2CCN(S(=O)(=O)Cc3c(F)cccc3Cl)CC2)cc1. The van der Waals surface area contributed by atoms with Crippen LogP contribution in [-0.4, -0.2) is 51.5 Å². The molecule has 0 bridgehead atoms. The van der Waals surface area contributed by atoms with Gasteiger partial charge in [0.25, 0.3) is 0 Å². The second-order valence-electron chi connectivity index (χ2n) is 8.03. The quantitative estimate of drug-likeness (QED) is 0.571. The van der Waals surface area contributed by atoms with Crippen molar-refractivity contribution in [3.8, 4) is 11.5 Å². The molecule has 7 nitrogen and oxygen atoms in total. The molecule has 1 N–H and O–H groups in total. The lowest BCUT2D eigenvalue weighted by atomic mass is 9.97. The molecule has 2 aromatic rings. The van der Waals surface area contributed by atoms with Crippen molar-refractivity contribution in [2.45, 2.75) is 31.6 Å². The Hall–Kier alpha value is -2.36. The van der Waals surface area contributed by atoms with Gasteiger partial charge in [0, 0.05) is 29.6 Å². The largest absolute Gasteiger partial charge is 0.497 e. The highest BCUT2D eigenvalue weighted by atomic mass is 35.5. The average molecular weight is 499 g/mol. The maximum atomic E-state index is 14.0. The van der Waals surface area contributed by atoms with Crippen LogP contribution in [0.3, 0.4) is 0 Å². The summed E-state index contributed by atoms with van der Waals surface area (Å²) in [7, 11) is -2.16. The number of amides is 1. The third-order valence-corrected chi connectivity index (χ3v) is 7.71. The Bertz CT molecular complexity index is 1040. The first-order valence-corrected chi connectivity index (χ1v) is 12.7. The van der Waals surface area contributed by atoms with E-state index in [9.17, 15) is 17.6 Å². The number of carbonyl (C=O) groups is 1. The van der Waals surface area contributed by atoms with Gasteiger partial charge in [-0.3, -0.25) is 4.79 Å². The molecule has 33 heavy (non-hydrogen) atoms. The molecule has 2 aromatic carbocycles. The Morgan fingerprint density at radius 1 is 1.18 bits per heavy atom. The number of hydrogen-bond acceptors (Lipinski definition) is 5. The molecule has 1 atom stereocenters. The molecule has 0 saturated carbocycles. The molecule has 1 saturated heterocycles. The highest BCUT2D eigenvalue weighted by Gasteiger charge is 2.32. The summed E-state index contributed by atoms with van der Waals surface area (Å²) in [5, 5.41) is 3.01. The number of ether oxygens (including phenoxy) is 2. The van der Waals surface area contributed by atoms with Crippen LogP contribution in [0.25, 0.3) is 0 Å². The molecule has 180 valence electrons. The third kappa shape index (κ3) is 6.82. The Kier molecular flexibility index (Phi) is 8.56. The van der Waals surface area contributed by atoms with Crippen molar-refractivity contribution in [3.05, 3.63) is 58.9 Å². The van der Waals surface area contributed by atoms with E-state index in [1.165, 1.54) is 22.5 Å². The van der Waals surface area contributed by atoms with Crippen molar-refractivity contribution in [2.75, 3.05) is 26.8 Å². The van der Waals surface area contributed by atoms with E-state index in [0.717, 1.165) is 5.75 Å². The van der Waals surface area contributed by atoms with E-state index in [4.69, 9.17) is 21.1 Å². The van der Waals surface area contributed by atoms with Crippen LogP contribution >= 0.6 is 11.6 Å². The predicted molar refractivity (Wildman–Crippen MR) is 124 cm³/mol. The van der Waals surface area contributed by atoms with Crippen LogP contribution in [-0.2, 0) is 20.6 Å². The summed E-state index contributed by atoms with van der Waals surface area (Å²) in [6, 6.07) is 11.0. The third-order valence-electron chi connectivity index (χ3n) is 5.55. The van der Waals surface area contributed by atoms with Crippen LogP contribution in [0.1, 0.15) is 25.3 Å². The molecule has 10 heteroatoms. The molecule has 3 rings (SSSR count). The smallest absolute Gasteiger partial charge is 0.223 e. The predicted octanol–water partition coefficient (Wildman–Crippen LogP) is 3.61. The fraction of sp³-hybridized carbons (Fsp3) is 0.435. The topological polar surface area (TPSA) is 84.9 Å². The van der Waals surface area contributed by atoms with Gasteiger partial charge in [0.2, 0.25) is 15.9 Å². The van der Waals surface area contributed by atoms with Crippen LogP contribution in [0, 0.1) is 11.7 Å². The number of carbonyl (C=O) groups excluding carboxylic acids is 1. The van der Waals surface area contributed by atoms with Gasteiger partial charge in [0.15, 0.2) is 0 Å². The number of nitrogens with one attached hydrogen (secondary N) is 1. The van der Waals surface area contributed by atoms with Gasteiger partial charge in [0.05, 0.1) is 18.9 Å². The Morgan fingerprint density at radius 3 is 2.42 bits per heavy atom. The van der Waals surface area contributed by atoms with Crippen molar-refractivity contribution >= 4 is 27.5 Å². The van der Waals surface area contributed by atoms with Gasteiger partial charge in [0.1, 0.15) is 23.9 Å². The van der Waals surface area contributed by atoms with Crippen LogP contribution < -0.4 is 14.8 Å². The maximum absolute atomic E-state index is 14.0. The minimum atomic E-state index is -3.75. The zero-order valence-corrected chi connectivity index (χ0v) is 20.2. The molecular formula is C23H28ClFN2O5S. The van der Waals surface area contributed by atoms with Crippen LogP contribution in [0.5, 0.6) is 11.5 Å². The number of benzene rings is 2. The fourth-order valence-electron chi connectivity index (χ4n) is 3.64. The second-order valence-corrected chi connectivity index (χ2v) is 10.4. The normalized spacial score (nSPS) is 16.2. The lowest BCUT2D eigenvalue weighted by molar-refractivity contribution is -0.126. The zero-order valence-electron chi connectivity index (χ0n) is 18.6. The van der Waals surface area contributed by atoms with Crippen molar-refractivity contribution < 1.29 is 27.1 Å². The first kappa shape index (κ1) is 25.3. The lowest BCUT2D eigenvalue weighted by Gasteiger charge is -2.31. The number of sulfonamides is 1. The molecule has 1 heterocycles. The number of hydrogen-bond donors (Lipinski definition) is 1. The molecule has 1 aliphatic rings. The molecule has 1 fully saturated rings. The molecule has 0 unspecified atom stereocenters. The minimum Gasteiger partial charge on any atom is -0.497 e. The van der Waals surface area contributed by atoms with Gasteiger partial charge in [-0.2, -0.15) is 0 Å². The molecule has 0 radical (unpaired) electrons. The maximum Gasteiger partial charge on any atom is 0.223 e. The van der Waals surface area contributed by atoms with E-state index in [-0.39, 0.29) is 41.5 Å². The molecule has 0 spiro atoms. The summed E-state index contributed by atoms with van der Waals surface area (Å²) in [4.78, 5) is 12.6. The van der Waals surface area contributed by atoms with E-state index < -0.39 is 21.6 Å². The van der Waals surface area contributed by atoms with Crippen molar-refractivity contribution in [3.63, 3.8) is 0 Å². The van der Waals surface area contributed by atoms with E-state index in [0.29, 0.717) is 25.2 Å². The van der Waals surface area contributed by atoms with Crippen LogP contribution in [0.2, 0.25) is 5.02 Å². The van der Waals surface area contributed by atoms with Crippen molar-refractivity contribution in [1.29, 1.82) is 0 Å². The zero-order chi connectivity index (χ0) is 24.0. The van der Waals surface area contributed by atoms with E-state index >= 15 is 0 Å². The summed E-state index contributed by atoms with van der Waals surface area (Å²) < 4.78 is 51.6. The monoisotopic (exact) mass is 498 g/mol. The van der Waals surface area contributed by atoms with Gasteiger partial charge in [-0.1, -0.05) is 17.7 Å².